The first kappa shape index (κ1) is 18.8. The van der Waals surface area contributed by atoms with E-state index in [1.807, 2.05) is 42.5 Å². The number of rotatable bonds is 8. The molecule has 8 nitrogen and oxygen atoms in total. The zero-order valence-corrected chi connectivity index (χ0v) is 15.1. The molecule has 1 aromatic heterocycles. The van der Waals surface area contributed by atoms with Crippen LogP contribution in [-0.4, -0.2) is 23.2 Å². The molecular weight excluding hydrogens is 360 g/mol. The summed E-state index contributed by atoms with van der Waals surface area (Å²) in [6.07, 6.45) is 2.76. The summed E-state index contributed by atoms with van der Waals surface area (Å²) in [7, 11) is 1.58. The fourth-order valence-corrected chi connectivity index (χ4v) is 2.35. The minimum Gasteiger partial charge on any atom is -0.493 e. The Hall–Kier alpha value is -3.94. The topological polar surface area (TPSA) is 98.9 Å². The van der Waals surface area contributed by atoms with E-state index in [-0.39, 0.29) is 5.69 Å². The highest BCUT2D eigenvalue weighted by Gasteiger charge is 2.06. The normalized spacial score (nSPS) is 10.6. The standard InChI is InChI=1S/C20H18N4O4/c1-27-18-9-7-16(11-19(18)28-14-15-5-3-2-4-6-15)12-22-23-20-10-8-17(13-21-20)24(25)26/h2-13H,14H2,1H3,(H,21,23)/b22-12-. The van der Waals surface area contributed by atoms with Crippen molar-refractivity contribution >= 4 is 17.7 Å². The van der Waals surface area contributed by atoms with Crippen molar-refractivity contribution < 1.29 is 14.4 Å². The van der Waals surface area contributed by atoms with Gasteiger partial charge in [-0.15, -0.1) is 0 Å². The van der Waals surface area contributed by atoms with Crippen LogP contribution in [0, 0.1) is 10.1 Å². The fourth-order valence-electron chi connectivity index (χ4n) is 2.35. The Morgan fingerprint density at radius 2 is 1.96 bits per heavy atom. The Bertz CT molecular complexity index is 960. The first-order valence-electron chi connectivity index (χ1n) is 8.40. The van der Waals surface area contributed by atoms with Gasteiger partial charge in [0.1, 0.15) is 18.6 Å². The molecular formula is C20H18N4O4. The lowest BCUT2D eigenvalue weighted by molar-refractivity contribution is -0.385. The number of nitro groups is 1. The average Bonchev–Trinajstić information content (AvgIpc) is 2.73. The average molecular weight is 378 g/mol. The monoisotopic (exact) mass is 378 g/mol. The number of nitrogens with zero attached hydrogens (tertiary/aromatic N) is 3. The molecule has 3 rings (SSSR count). The van der Waals surface area contributed by atoms with Crippen molar-refractivity contribution in [2.45, 2.75) is 6.61 Å². The van der Waals surface area contributed by atoms with Gasteiger partial charge >= 0.3 is 0 Å². The minimum absolute atomic E-state index is 0.0788. The Morgan fingerprint density at radius 3 is 2.64 bits per heavy atom. The summed E-state index contributed by atoms with van der Waals surface area (Å²) < 4.78 is 11.2. The molecule has 0 aliphatic rings. The van der Waals surface area contributed by atoms with Crippen LogP contribution in [-0.2, 0) is 6.61 Å². The molecule has 2 aromatic carbocycles. The van der Waals surface area contributed by atoms with Crippen LogP contribution in [0.3, 0.4) is 0 Å². The number of hydrazone groups is 1. The van der Waals surface area contributed by atoms with Gasteiger partial charge in [0, 0.05) is 6.07 Å². The molecule has 28 heavy (non-hydrogen) atoms. The SMILES string of the molecule is COc1ccc(/C=N\Nc2ccc([N+](=O)[O-])cn2)cc1OCc1ccccc1. The number of ether oxygens (including phenoxy) is 2. The minimum atomic E-state index is -0.506. The van der Waals surface area contributed by atoms with E-state index in [4.69, 9.17) is 9.47 Å². The lowest BCUT2D eigenvalue weighted by Gasteiger charge is -2.11. The molecule has 1 N–H and O–H groups in total. The molecule has 0 saturated carbocycles. The van der Waals surface area contributed by atoms with Crippen LogP contribution >= 0.6 is 0 Å². The number of hydrogen-bond acceptors (Lipinski definition) is 7. The predicted octanol–water partition coefficient (Wildman–Crippen LogP) is 4.02. The number of nitrogens with one attached hydrogen (secondary N) is 1. The molecule has 0 bridgehead atoms. The maximum absolute atomic E-state index is 10.6. The van der Waals surface area contributed by atoms with Gasteiger partial charge in [0.05, 0.1) is 18.2 Å². The van der Waals surface area contributed by atoms with Gasteiger partial charge in [0.25, 0.3) is 5.69 Å². The molecule has 0 atom stereocenters. The smallest absolute Gasteiger partial charge is 0.287 e. The summed E-state index contributed by atoms with van der Waals surface area (Å²) in [5.74, 6) is 1.62. The summed E-state index contributed by atoms with van der Waals surface area (Å²) >= 11 is 0. The van der Waals surface area contributed by atoms with Gasteiger partial charge in [-0.05, 0) is 35.4 Å². The second kappa shape index (κ2) is 9.13. The van der Waals surface area contributed by atoms with E-state index in [2.05, 4.69) is 15.5 Å². The molecule has 0 spiro atoms. The Labute approximate surface area is 161 Å². The first-order chi connectivity index (χ1) is 13.7. The van der Waals surface area contributed by atoms with E-state index in [1.165, 1.54) is 18.3 Å². The van der Waals surface area contributed by atoms with Crippen LogP contribution in [0.1, 0.15) is 11.1 Å². The molecule has 142 valence electrons. The maximum atomic E-state index is 10.6. The zero-order chi connectivity index (χ0) is 19.8. The molecule has 0 unspecified atom stereocenters. The summed E-state index contributed by atoms with van der Waals surface area (Å²) in [5.41, 5.74) is 4.49. The number of pyridine rings is 1. The van der Waals surface area contributed by atoms with E-state index in [0.717, 1.165) is 11.1 Å². The van der Waals surface area contributed by atoms with Gasteiger partial charge in [-0.3, -0.25) is 15.5 Å². The van der Waals surface area contributed by atoms with Crippen molar-refractivity contribution in [1.82, 2.24) is 4.98 Å². The Balaban J connectivity index is 1.66. The highest BCUT2D eigenvalue weighted by Crippen LogP contribution is 2.28. The number of aromatic nitrogens is 1. The van der Waals surface area contributed by atoms with Crippen LogP contribution in [0.5, 0.6) is 11.5 Å². The highest BCUT2D eigenvalue weighted by molar-refractivity contribution is 5.81. The molecule has 8 heteroatoms. The quantitative estimate of drug-likeness (QED) is 0.361. The molecule has 0 fully saturated rings. The third-order valence-electron chi connectivity index (χ3n) is 3.78. The third-order valence-corrected chi connectivity index (χ3v) is 3.78. The second-order valence-corrected chi connectivity index (χ2v) is 5.71. The van der Waals surface area contributed by atoms with Crippen LogP contribution in [0.2, 0.25) is 0 Å². The molecule has 3 aromatic rings. The van der Waals surface area contributed by atoms with Gasteiger partial charge in [0.15, 0.2) is 11.5 Å². The van der Waals surface area contributed by atoms with E-state index in [1.54, 1.807) is 19.4 Å². The zero-order valence-electron chi connectivity index (χ0n) is 15.1. The molecule has 0 radical (unpaired) electrons. The van der Waals surface area contributed by atoms with Crippen molar-refractivity contribution in [2.75, 3.05) is 12.5 Å². The maximum Gasteiger partial charge on any atom is 0.287 e. The molecule has 0 aliphatic heterocycles. The van der Waals surface area contributed by atoms with E-state index in [9.17, 15) is 10.1 Å². The summed E-state index contributed by atoms with van der Waals surface area (Å²) in [4.78, 5) is 14.1. The van der Waals surface area contributed by atoms with E-state index in [0.29, 0.717) is 23.9 Å². The van der Waals surface area contributed by atoms with Crippen molar-refractivity contribution in [3.05, 3.63) is 88.1 Å². The first-order valence-corrected chi connectivity index (χ1v) is 8.40. The summed E-state index contributed by atoms with van der Waals surface area (Å²) in [6.45, 7) is 0.419. The molecule has 0 saturated heterocycles. The Kier molecular flexibility index (Phi) is 6.14. The van der Waals surface area contributed by atoms with E-state index < -0.39 is 4.92 Å². The lowest BCUT2D eigenvalue weighted by Crippen LogP contribution is -1.99. The van der Waals surface area contributed by atoms with Gasteiger partial charge in [-0.1, -0.05) is 30.3 Å². The van der Waals surface area contributed by atoms with Crippen molar-refractivity contribution in [3.8, 4) is 11.5 Å². The highest BCUT2D eigenvalue weighted by atomic mass is 16.6. The van der Waals surface area contributed by atoms with Crippen molar-refractivity contribution in [2.24, 2.45) is 5.10 Å². The van der Waals surface area contributed by atoms with Gasteiger partial charge in [-0.2, -0.15) is 5.10 Å². The second-order valence-electron chi connectivity index (χ2n) is 5.71. The number of hydrogen-bond donors (Lipinski definition) is 1. The van der Waals surface area contributed by atoms with Crippen LogP contribution in [0.15, 0.2) is 72.0 Å². The lowest BCUT2D eigenvalue weighted by atomic mass is 10.2. The fraction of sp³-hybridized carbons (Fsp3) is 0.100. The number of methoxy groups -OCH3 is 1. The summed E-state index contributed by atoms with van der Waals surface area (Å²) in [6, 6.07) is 18.1. The number of anilines is 1. The molecule has 1 heterocycles. The molecule has 0 amide bonds. The largest absolute Gasteiger partial charge is 0.493 e. The molecule has 0 aliphatic carbocycles. The predicted molar refractivity (Wildman–Crippen MR) is 106 cm³/mol. The van der Waals surface area contributed by atoms with Crippen molar-refractivity contribution in [3.63, 3.8) is 0 Å². The van der Waals surface area contributed by atoms with Crippen LogP contribution < -0.4 is 14.9 Å². The van der Waals surface area contributed by atoms with Crippen LogP contribution in [0.25, 0.3) is 0 Å². The van der Waals surface area contributed by atoms with E-state index >= 15 is 0 Å². The third kappa shape index (κ3) is 5.04. The summed E-state index contributed by atoms with van der Waals surface area (Å²) in [5, 5.41) is 14.7. The van der Waals surface area contributed by atoms with Gasteiger partial charge in [-0.25, -0.2) is 4.98 Å². The Morgan fingerprint density at radius 1 is 1.14 bits per heavy atom. The van der Waals surface area contributed by atoms with Crippen LogP contribution in [0.4, 0.5) is 11.5 Å². The van der Waals surface area contributed by atoms with Crippen molar-refractivity contribution in [1.29, 1.82) is 0 Å². The van der Waals surface area contributed by atoms with Gasteiger partial charge < -0.3 is 9.47 Å². The number of benzene rings is 2. The van der Waals surface area contributed by atoms with Gasteiger partial charge in [0.2, 0.25) is 0 Å².